The van der Waals surface area contributed by atoms with Gasteiger partial charge in [0.1, 0.15) is 6.10 Å². The molecule has 110 valence electrons. The molecule has 0 rings (SSSR count). The van der Waals surface area contributed by atoms with Crippen LogP contribution in [0, 0.1) is 0 Å². The molecule has 0 aliphatic rings. The number of rotatable bonds is 5. The molecule has 0 aromatic rings. The van der Waals surface area contributed by atoms with E-state index in [9.17, 15) is 4.79 Å². The van der Waals surface area contributed by atoms with Gasteiger partial charge in [0.05, 0.1) is 6.61 Å². The molecule has 0 radical (unpaired) electrons. The van der Waals surface area contributed by atoms with E-state index in [4.69, 9.17) is 24.1 Å². The van der Waals surface area contributed by atoms with Crippen LogP contribution in [0.1, 0.15) is 34.6 Å². The first kappa shape index (κ1) is 22.1. The Morgan fingerprint density at radius 2 is 1.56 bits per heavy atom. The summed E-state index contributed by atoms with van der Waals surface area (Å²) in [6.45, 7) is 10.4. The van der Waals surface area contributed by atoms with E-state index < -0.39 is 5.97 Å². The van der Waals surface area contributed by atoms with Crippen molar-refractivity contribution in [3.05, 3.63) is 0 Å². The molecule has 1 atom stereocenters. The maximum absolute atomic E-state index is 10.3. The quantitative estimate of drug-likeness (QED) is 0.763. The van der Waals surface area contributed by atoms with Crippen LogP contribution in [-0.2, 0) is 23.8 Å². The van der Waals surface area contributed by atoms with Gasteiger partial charge in [0.2, 0.25) is 0 Å². The molecule has 1 N–H and O–H groups in total. The second kappa shape index (κ2) is 18.2. The van der Waals surface area contributed by atoms with E-state index in [1.54, 1.807) is 14.0 Å². The van der Waals surface area contributed by atoms with Crippen LogP contribution in [0.3, 0.4) is 0 Å². The fourth-order valence-electron chi connectivity index (χ4n) is 0.756. The first-order valence-corrected chi connectivity index (χ1v) is 5.75. The predicted molar refractivity (Wildman–Crippen MR) is 68.6 cm³/mol. The summed E-state index contributed by atoms with van der Waals surface area (Å²) in [5.41, 5.74) is 0. The van der Waals surface area contributed by atoms with Crippen molar-refractivity contribution in [3.8, 4) is 0 Å². The molecule has 6 heteroatoms. The van der Waals surface area contributed by atoms with Gasteiger partial charge >= 0.3 is 5.97 Å². The van der Waals surface area contributed by atoms with Gasteiger partial charge in [0.15, 0.2) is 0 Å². The van der Waals surface area contributed by atoms with Crippen LogP contribution in [0.2, 0.25) is 0 Å². The number of ether oxygens (including phenoxy) is 3. The molecule has 0 heterocycles. The largest absolute Gasteiger partial charge is 0.481 e. The molecule has 0 amide bonds. The van der Waals surface area contributed by atoms with Gasteiger partial charge in [-0.15, -0.1) is 0 Å². The number of carbonyl (C=O) groups excluding carboxylic acids is 1. The molecule has 1 unspecified atom stereocenters. The first-order chi connectivity index (χ1) is 8.31. The number of hydrogen-bond donors (Lipinski definition) is 1. The summed E-state index contributed by atoms with van der Waals surface area (Å²) in [5.74, 6) is -1.10. The Bertz CT molecular complexity index is 187. The van der Waals surface area contributed by atoms with Crippen LogP contribution in [0.15, 0.2) is 0 Å². The summed E-state index contributed by atoms with van der Waals surface area (Å²) in [6, 6.07) is 0. The van der Waals surface area contributed by atoms with E-state index in [1.165, 1.54) is 6.92 Å². The maximum Gasteiger partial charge on any atom is 0.302 e. The lowest BCUT2D eigenvalue weighted by atomic mass is 10.4. The van der Waals surface area contributed by atoms with Crippen molar-refractivity contribution in [2.45, 2.75) is 40.7 Å². The lowest BCUT2D eigenvalue weighted by Gasteiger charge is -2.08. The first-order valence-electron chi connectivity index (χ1n) is 5.75. The highest BCUT2D eigenvalue weighted by Crippen LogP contribution is 1.90. The number of methoxy groups -OCH3 is 1. The van der Waals surface area contributed by atoms with Crippen molar-refractivity contribution in [1.82, 2.24) is 0 Å². The zero-order valence-corrected chi connectivity index (χ0v) is 12.2. The Morgan fingerprint density at radius 3 is 1.72 bits per heavy atom. The normalized spacial score (nSPS) is 10.1. The van der Waals surface area contributed by atoms with E-state index >= 15 is 0 Å². The summed E-state index contributed by atoms with van der Waals surface area (Å²) in [7, 11) is 1.57. The van der Waals surface area contributed by atoms with E-state index in [0.29, 0.717) is 6.61 Å². The molecular formula is C12H26O6. The Balaban J connectivity index is -0.000000212. The van der Waals surface area contributed by atoms with Gasteiger partial charge < -0.3 is 19.3 Å². The van der Waals surface area contributed by atoms with Gasteiger partial charge in [-0.1, -0.05) is 0 Å². The van der Waals surface area contributed by atoms with Crippen molar-refractivity contribution in [2.24, 2.45) is 0 Å². The van der Waals surface area contributed by atoms with Crippen LogP contribution in [0.25, 0.3) is 0 Å². The van der Waals surface area contributed by atoms with E-state index in [-0.39, 0.29) is 12.1 Å². The third-order valence-electron chi connectivity index (χ3n) is 1.18. The number of aliphatic carboxylic acids is 1. The summed E-state index contributed by atoms with van der Waals surface area (Å²) in [5, 5.41) is 7.42. The highest BCUT2D eigenvalue weighted by molar-refractivity contribution is 5.66. The van der Waals surface area contributed by atoms with Crippen LogP contribution in [0.5, 0.6) is 0 Å². The topological polar surface area (TPSA) is 82.1 Å². The Labute approximate surface area is 109 Å². The third-order valence-corrected chi connectivity index (χ3v) is 1.18. The minimum absolute atomic E-state index is 0.132. The Hall–Kier alpha value is -1.14. The van der Waals surface area contributed by atoms with Crippen molar-refractivity contribution in [3.63, 3.8) is 0 Å². The van der Waals surface area contributed by atoms with Gasteiger partial charge in [0.25, 0.3) is 5.97 Å². The molecule has 0 fully saturated rings. The molecule has 0 aliphatic carbocycles. The average molecular weight is 266 g/mol. The monoisotopic (exact) mass is 266 g/mol. The van der Waals surface area contributed by atoms with Crippen molar-refractivity contribution in [2.75, 3.05) is 26.9 Å². The van der Waals surface area contributed by atoms with Gasteiger partial charge in [-0.3, -0.25) is 9.59 Å². The molecule has 0 bridgehead atoms. The summed E-state index contributed by atoms with van der Waals surface area (Å²) in [4.78, 5) is 19.3. The molecule has 0 saturated heterocycles. The van der Waals surface area contributed by atoms with Crippen molar-refractivity contribution >= 4 is 11.9 Å². The van der Waals surface area contributed by atoms with E-state index in [2.05, 4.69) is 0 Å². The second-order valence-corrected chi connectivity index (χ2v) is 3.18. The highest BCUT2D eigenvalue weighted by atomic mass is 16.6. The minimum atomic E-state index is -0.833. The standard InChI is InChI=1S/C6H12O3.C4H10O.C2H4O2/c1-5(4-8-3)9-6(2)7;1-3-5-4-2;1-2(3)4/h5H,4H2,1-3H3;3-4H2,1-2H3;1H3,(H,3,4). The van der Waals surface area contributed by atoms with E-state index in [0.717, 1.165) is 20.1 Å². The van der Waals surface area contributed by atoms with Crippen molar-refractivity contribution in [1.29, 1.82) is 0 Å². The Kier molecular flexibility index (Phi) is 22.4. The lowest BCUT2D eigenvalue weighted by Crippen LogP contribution is -2.17. The molecule has 0 saturated carbocycles. The molecule has 0 spiro atoms. The predicted octanol–water partition coefficient (Wildman–Crippen LogP) is 1.72. The molecule has 0 aliphatic heterocycles. The summed E-state index contributed by atoms with van der Waals surface area (Å²) >= 11 is 0. The highest BCUT2D eigenvalue weighted by Gasteiger charge is 2.02. The average Bonchev–Trinajstić information content (AvgIpc) is 2.17. The van der Waals surface area contributed by atoms with Gasteiger partial charge in [0, 0.05) is 34.2 Å². The summed E-state index contributed by atoms with van der Waals surface area (Å²) in [6.07, 6.45) is -0.132. The zero-order chi connectivity index (χ0) is 15.0. The molecular weight excluding hydrogens is 240 g/mol. The van der Waals surface area contributed by atoms with Gasteiger partial charge in [-0.25, -0.2) is 0 Å². The molecule has 18 heavy (non-hydrogen) atoms. The number of carboxylic acids is 1. The van der Waals surface area contributed by atoms with Crippen LogP contribution in [-0.4, -0.2) is 50.1 Å². The van der Waals surface area contributed by atoms with Crippen LogP contribution in [0.4, 0.5) is 0 Å². The minimum Gasteiger partial charge on any atom is -0.481 e. The van der Waals surface area contributed by atoms with Crippen LogP contribution < -0.4 is 0 Å². The zero-order valence-electron chi connectivity index (χ0n) is 12.2. The van der Waals surface area contributed by atoms with Gasteiger partial charge in [-0.05, 0) is 20.8 Å². The summed E-state index contributed by atoms with van der Waals surface area (Å²) < 4.78 is 14.3. The van der Waals surface area contributed by atoms with Crippen LogP contribution >= 0.6 is 0 Å². The fraction of sp³-hybridized carbons (Fsp3) is 0.833. The Morgan fingerprint density at radius 1 is 1.17 bits per heavy atom. The molecule has 6 nitrogen and oxygen atoms in total. The number of esters is 1. The lowest BCUT2D eigenvalue weighted by molar-refractivity contribution is -0.147. The van der Waals surface area contributed by atoms with Crippen molar-refractivity contribution < 1.29 is 28.9 Å². The smallest absolute Gasteiger partial charge is 0.302 e. The SMILES string of the molecule is CC(=O)O.CCOCC.COCC(C)OC(C)=O. The molecule has 0 aromatic carbocycles. The fourth-order valence-corrected chi connectivity index (χ4v) is 0.756. The maximum atomic E-state index is 10.3. The second-order valence-electron chi connectivity index (χ2n) is 3.18. The number of carboxylic acid groups (broad SMARTS) is 1. The van der Waals surface area contributed by atoms with E-state index in [1.807, 2.05) is 13.8 Å². The number of hydrogen-bond acceptors (Lipinski definition) is 5. The third kappa shape index (κ3) is 46.2. The molecule has 0 aromatic heterocycles. The van der Waals surface area contributed by atoms with Gasteiger partial charge in [-0.2, -0.15) is 0 Å². The number of carbonyl (C=O) groups is 2.